The molecular weight excluding hydrogens is 967 g/mol. The molecule has 0 fully saturated rings. The zero-order chi connectivity index (χ0) is 57.6. The summed E-state index contributed by atoms with van der Waals surface area (Å²) in [6.07, 6.45) is 13.2. The van der Waals surface area contributed by atoms with E-state index in [4.69, 9.17) is 0 Å². The van der Waals surface area contributed by atoms with Crippen LogP contribution in [-0.2, 0) is 45.8 Å². The first kappa shape index (κ1) is 64.3. The van der Waals surface area contributed by atoms with Gasteiger partial charge in [0.05, 0.1) is 24.2 Å². The van der Waals surface area contributed by atoms with E-state index in [1.165, 1.54) is 92.8 Å². The van der Waals surface area contributed by atoms with Crippen molar-refractivity contribution >= 4 is 39.8 Å². The number of hydrogen-bond donors (Lipinski definition) is 0. The Morgan fingerprint density at radius 2 is 0.776 bits per heavy atom. The van der Waals surface area contributed by atoms with Gasteiger partial charge in [-0.3, -0.25) is 0 Å². The lowest BCUT2D eigenvalue weighted by molar-refractivity contribution is -0.659. The third-order valence-electron chi connectivity index (χ3n) is 15.4. The van der Waals surface area contributed by atoms with Crippen LogP contribution in [0.25, 0.3) is 33.8 Å². The van der Waals surface area contributed by atoms with Crippen molar-refractivity contribution < 1.29 is 13.7 Å². The number of hydrogen-bond acceptors (Lipinski definition) is 0. The van der Waals surface area contributed by atoms with E-state index in [-0.39, 0.29) is 5.41 Å². The van der Waals surface area contributed by atoms with Gasteiger partial charge in [-0.05, 0) is 152 Å². The summed E-state index contributed by atoms with van der Waals surface area (Å²) in [5.74, 6) is 2.70. The highest BCUT2D eigenvalue weighted by atomic mass is 28.3. The summed E-state index contributed by atoms with van der Waals surface area (Å²) in [5, 5.41) is 4.81. The highest BCUT2D eigenvalue weighted by Gasteiger charge is 2.30. The Hall–Kier alpha value is -4.24. The molecule has 6 heteroatoms. The topological polar surface area (TPSA) is 11.6 Å². The van der Waals surface area contributed by atoms with Crippen molar-refractivity contribution in [1.29, 1.82) is 0 Å². The summed E-state index contributed by atoms with van der Waals surface area (Å²) in [7, 11) is 2.53. The van der Waals surface area contributed by atoms with E-state index in [2.05, 4.69) is 289 Å². The molecule has 0 aliphatic heterocycles. The molecule has 6 rings (SSSR count). The summed E-state index contributed by atoms with van der Waals surface area (Å²) < 4.78 is 7.05. The number of rotatable bonds is 15. The third-order valence-corrected chi connectivity index (χ3v) is 21.6. The molecule has 3 nitrogen and oxygen atoms in total. The second kappa shape index (κ2) is 26.1. The maximum Gasteiger partial charge on any atom is 0.212 e. The third kappa shape index (κ3) is 17.1. The number of benzene rings is 3. The van der Waals surface area contributed by atoms with Gasteiger partial charge in [-0.1, -0.05) is 177 Å². The molecule has 6 aromatic rings. The van der Waals surface area contributed by atoms with Crippen LogP contribution in [0.4, 0.5) is 0 Å². The van der Waals surface area contributed by atoms with Crippen molar-refractivity contribution in [2.45, 2.75) is 206 Å². The highest BCUT2D eigenvalue weighted by Crippen LogP contribution is 2.32. The SMILES string of the molecule is CCC(CC)c1ccc(C)c(-c2cc(CC(C)C)c([Si](C)(C)C)c[n+]2C)c1.Cc1ccc(-c2cc(CC(C)C)c([Si](C)(C)C)c[n+]2C)c(C)c1.Cc1ccc(C(C)(C)C)cc1-c1cc(CC(C)C)c([Si](C)(C)C)c[n+]1C. The molecule has 0 aliphatic rings. The van der Waals surface area contributed by atoms with Gasteiger partial charge in [0.1, 0.15) is 21.1 Å². The van der Waals surface area contributed by atoms with Crippen LogP contribution in [0.5, 0.6) is 0 Å². The summed E-state index contributed by atoms with van der Waals surface area (Å²) in [6, 6.07) is 28.3. The molecule has 3 aromatic carbocycles. The first-order valence-electron chi connectivity index (χ1n) is 29.4. The van der Waals surface area contributed by atoms with Gasteiger partial charge in [0.15, 0.2) is 18.6 Å². The molecule has 0 atom stereocenters. The Morgan fingerprint density at radius 1 is 0.421 bits per heavy atom. The van der Waals surface area contributed by atoms with Crippen LogP contribution in [0.3, 0.4) is 0 Å². The second-order valence-corrected chi connectivity index (χ2v) is 43.5. The van der Waals surface area contributed by atoms with Gasteiger partial charge in [0.25, 0.3) is 0 Å². The Morgan fingerprint density at radius 3 is 1.11 bits per heavy atom. The van der Waals surface area contributed by atoms with Gasteiger partial charge in [-0.2, -0.15) is 0 Å². The Labute approximate surface area is 471 Å². The van der Waals surface area contributed by atoms with Gasteiger partial charge in [0.2, 0.25) is 17.1 Å². The van der Waals surface area contributed by atoms with Crippen LogP contribution in [0.2, 0.25) is 58.9 Å². The normalized spacial score (nSPS) is 12.4. The maximum absolute atomic E-state index is 2.49. The molecular formula is C70H110N3Si3+3. The molecule has 0 radical (unpaired) electrons. The minimum absolute atomic E-state index is 0.167. The summed E-state index contributed by atoms with van der Waals surface area (Å²) in [4.78, 5) is 0. The molecule has 414 valence electrons. The molecule has 0 spiro atoms. The molecule has 0 unspecified atom stereocenters. The lowest BCUT2D eigenvalue weighted by Gasteiger charge is -2.23. The smallest absolute Gasteiger partial charge is 0.201 e. The van der Waals surface area contributed by atoms with E-state index >= 15 is 0 Å². The number of pyridine rings is 3. The van der Waals surface area contributed by atoms with E-state index in [1.807, 2.05) is 0 Å². The first-order valence-corrected chi connectivity index (χ1v) is 39.9. The van der Waals surface area contributed by atoms with E-state index < -0.39 is 24.2 Å². The van der Waals surface area contributed by atoms with Crippen LogP contribution >= 0.6 is 0 Å². The quantitative estimate of drug-likeness (QED) is 0.0717. The average Bonchev–Trinajstić information content (AvgIpc) is 3.28. The second-order valence-electron chi connectivity index (χ2n) is 28.4. The fraction of sp³-hybridized carbons (Fsp3) is 0.529. The lowest BCUT2D eigenvalue weighted by atomic mass is 9.84. The van der Waals surface area contributed by atoms with E-state index in [0.717, 1.165) is 6.42 Å². The number of aryl methyl sites for hydroxylation is 7. The van der Waals surface area contributed by atoms with Crippen molar-refractivity contribution in [1.82, 2.24) is 0 Å². The fourth-order valence-electron chi connectivity index (χ4n) is 11.1. The molecule has 0 bridgehead atoms. The van der Waals surface area contributed by atoms with Crippen molar-refractivity contribution in [3.05, 3.63) is 141 Å². The maximum atomic E-state index is 2.49. The van der Waals surface area contributed by atoms with E-state index in [9.17, 15) is 0 Å². The average molecular weight is 1080 g/mol. The monoisotopic (exact) mass is 1080 g/mol. The number of aromatic nitrogens is 3. The molecule has 0 amide bonds. The molecule has 3 aromatic heterocycles. The summed E-state index contributed by atoms with van der Waals surface area (Å²) in [6.45, 7) is 56.4. The van der Waals surface area contributed by atoms with Crippen LogP contribution < -0.4 is 29.3 Å². The minimum atomic E-state index is -1.38. The van der Waals surface area contributed by atoms with Crippen molar-refractivity contribution in [2.24, 2.45) is 38.9 Å². The lowest BCUT2D eigenvalue weighted by Crippen LogP contribution is -2.47. The van der Waals surface area contributed by atoms with Gasteiger partial charge in [0, 0.05) is 50.4 Å². The minimum Gasteiger partial charge on any atom is -0.201 e. The van der Waals surface area contributed by atoms with E-state index in [1.54, 1.807) is 32.3 Å². The Balaban J connectivity index is 0.000000247. The van der Waals surface area contributed by atoms with E-state index in [0.29, 0.717) is 23.7 Å². The predicted molar refractivity (Wildman–Crippen MR) is 345 cm³/mol. The van der Waals surface area contributed by atoms with Crippen LogP contribution in [0, 0.1) is 45.4 Å². The predicted octanol–water partition coefficient (Wildman–Crippen LogP) is 16.2. The van der Waals surface area contributed by atoms with Crippen LogP contribution in [-0.4, -0.2) is 24.2 Å². The Kier molecular flexibility index (Phi) is 22.1. The Bertz CT molecular complexity index is 2910. The van der Waals surface area contributed by atoms with Crippen molar-refractivity contribution in [2.75, 3.05) is 0 Å². The molecule has 3 heterocycles. The molecule has 0 saturated carbocycles. The molecule has 0 saturated heterocycles. The standard InChI is InChI=1S/C25H40NSi.C24H38NSi.C21H32NSi/c1-10-20(11-2)21-13-12-19(5)23(15-21)24-16-22(14-18(3)4)25(17-26(24)6)27(7,8)9;1-17(2)13-19-14-22(25(7)16-23(19)26(8,9)10)21-15-20(24(4,5)6)12-11-18(21)3;1-15(2)11-18-13-20(19-10-9-16(3)12-17(19)4)22(5)14-21(18)23(6,7)8/h12-13,15-18,20H,10-11,14H2,1-9H3;11-12,14-17H,13H2,1-10H3;9-10,12-15H,11H2,1-8H3/q3*+1. The largest absolute Gasteiger partial charge is 0.212 e. The fourth-order valence-corrected chi connectivity index (χ4v) is 16.3. The van der Waals surface area contributed by atoms with Crippen LogP contribution in [0.1, 0.15) is 145 Å². The zero-order valence-corrected chi connectivity index (χ0v) is 56.8. The van der Waals surface area contributed by atoms with Gasteiger partial charge in [-0.25, -0.2) is 13.7 Å². The molecule has 0 N–H and O–H groups in total. The molecule has 0 aliphatic carbocycles. The van der Waals surface area contributed by atoms with Crippen LogP contribution in [0.15, 0.2) is 91.4 Å². The summed E-state index contributed by atoms with van der Waals surface area (Å²) in [5.41, 5.74) is 21.3. The number of nitrogens with zero attached hydrogens (tertiary/aromatic N) is 3. The van der Waals surface area contributed by atoms with Gasteiger partial charge < -0.3 is 0 Å². The zero-order valence-electron chi connectivity index (χ0n) is 53.8. The van der Waals surface area contributed by atoms with Crippen molar-refractivity contribution in [3.8, 4) is 33.8 Å². The van der Waals surface area contributed by atoms with Gasteiger partial charge in [-0.15, -0.1) is 0 Å². The summed E-state index contributed by atoms with van der Waals surface area (Å²) >= 11 is 0. The highest BCUT2D eigenvalue weighted by molar-refractivity contribution is 6.89. The molecule has 76 heavy (non-hydrogen) atoms. The van der Waals surface area contributed by atoms with Gasteiger partial charge >= 0.3 is 0 Å². The van der Waals surface area contributed by atoms with Crippen molar-refractivity contribution in [3.63, 3.8) is 0 Å². The first-order chi connectivity index (χ1) is 35.0.